The molecule has 0 unspecified atom stereocenters. The van der Waals surface area contributed by atoms with Crippen LogP contribution in [0.2, 0.25) is 0 Å². The van der Waals surface area contributed by atoms with Crippen LogP contribution in [0.15, 0.2) is 63.0 Å². The summed E-state index contributed by atoms with van der Waals surface area (Å²) in [5.74, 6) is 0.572. The SMILES string of the molecule is O=C(Nn1cc(Br)c(=O)[nH]c1=O)Oc1cnc(-c2ccccc2)nc1. The van der Waals surface area contributed by atoms with Crippen LogP contribution in [0.3, 0.4) is 0 Å². The van der Waals surface area contributed by atoms with Crippen molar-refractivity contribution in [3.8, 4) is 17.1 Å². The van der Waals surface area contributed by atoms with Crippen molar-refractivity contribution in [3.05, 3.63) is 74.2 Å². The summed E-state index contributed by atoms with van der Waals surface area (Å²) < 4.78 is 5.84. The fourth-order valence-corrected chi connectivity index (χ4v) is 2.17. The van der Waals surface area contributed by atoms with Gasteiger partial charge in [-0.3, -0.25) is 9.78 Å². The van der Waals surface area contributed by atoms with E-state index < -0.39 is 17.3 Å². The summed E-state index contributed by atoms with van der Waals surface area (Å²) in [5, 5.41) is 0. The fraction of sp³-hybridized carbons (Fsp3) is 0. The Hall–Kier alpha value is -3.27. The number of hydrogen-bond donors (Lipinski definition) is 2. The molecule has 25 heavy (non-hydrogen) atoms. The van der Waals surface area contributed by atoms with Gasteiger partial charge in [0, 0.05) is 5.56 Å². The van der Waals surface area contributed by atoms with Gasteiger partial charge in [0.2, 0.25) is 0 Å². The Morgan fingerprint density at radius 3 is 2.52 bits per heavy atom. The summed E-state index contributed by atoms with van der Waals surface area (Å²) >= 11 is 2.95. The predicted molar refractivity (Wildman–Crippen MR) is 91.9 cm³/mol. The summed E-state index contributed by atoms with van der Waals surface area (Å²) in [6.45, 7) is 0. The third-order valence-electron chi connectivity index (χ3n) is 2.98. The van der Waals surface area contributed by atoms with E-state index in [9.17, 15) is 14.4 Å². The normalized spacial score (nSPS) is 10.3. The van der Waals surface area contributed by atoms with Crippen LogP contribution in [-0.4, -0.2) is 25.7 Å². The first kappa shape index (κ1) is 16.6. The van der Waals surface area contributed by atoms with E-state index in [2.05, 4.69) is 31.3 Å². The molecule has 1 amide bonds. The molecule has 3 rings (SSSR count). The number of amides is 1. The van der Waals surface area contributed by atoms with Crippen LogP contribution in [0.1, 0.15) is 0 Å². The van der Waals surface area contributed by atoms with Gasteiger partial charge in [-0.25, -0.2) is 29.7 Å². The molecule has 0 spiro atoms. The molecule has 1 aromatic carbocycles. The topological polar surface area (TPSA) is 119 Å². The van der Waals surface area contributed by atoms with E-state index >= 15 is 0 Å². The average molecular weight is 404 g/mol. The van der Waals surface area contributed by atoms with Gasteiger partial charge in [-0.2, -0.15) is 0 Å². The zero-order valence-electron chi connectivity index (χ0n) is 12.5. The van der Waals surface area contributed by atoms with Crippen molar-refractivity contribution in [1.29, 1.82) is 0 Å². The van der Waals surface area contributed by atoms with Crippen molar-refractivity contribution < 1.29 is 9.53 Å². The molecule has 0 aliphatic rings. The summed E-state index contributed by atoms with van der Waals surface area (Å²) in [6.07, 6.45) is 2.83. The zero-order valence-corrected chi connectivity index (χ0v) is 14.1. The summed E-state index contributed by atoms with van der Waals surface area (Å²) in [6, 6.07) is 9.29. The first-order valence-corrected chi connectivity index (χ1v) is 7.70. The average Bonchev–Trinajstić information content (AvgIpc) is 2.61. The monoisotopic (exact) mass is 403 g/mol. The molecular formula is C15H10BrN5O4. The van der Waals surface area contributed by atoms with Gasteiger partial charge in [0.25, 0.3) is 5.56 Å². The maximum absolute atomic E-state index is 11.8. The molecule has 0 saturated heterocycles. The van der Waals surface area contributed by atoms with Crippen molar-refractivity contribution in [1.82, 2.24) is 19.6 Å². The summed E-state index contributed by atoms with van der Waals surface area (Å²) in [5.41, 5.74) is 1.55. The van der Waals surface area contributed by atoms with Gasteiger partial charge in [-0.1, -0.05) is 30.3 Å². The highest BCUT2D eigenvalue weighted by Crippen LogP contribution is 2.15. The lowest BCUT2D eigenvalue weighted by Gasteiger charge is -2.08. The highest BCUT2D eigenvalue weighted by atomic mass is 79.9. The van der Waals surface area contributed by atoms with Crippen LogP contribution < -0.4 is 21.4 Å². The minimum atomic E-state index is -0.947. The number of aromatic nitrogens is 4. The standard InChI is InChI=1S/C15H10BrN5O4/c16-11-8-21(14(23)19-13(11)22)20-15(24)25-10-6-17-12(18-7-10)9-4-2-1-3-5-9/h1-8H,(H,20,24)(H,19,22,23). The molecule has 2 N–H and O–H groups in total. The first-order chi connectivity index (χ1) is 12.0. The Bertz CT molecular complexity index is 1010. The van der Waals surface area contributed by atoms with Crippen LogP contribution in [0.4, 0.5) is 4.79 Å². The highest BCUT2D eigenvalue weighted by molar-refractivity contribution is 9.10. The van der Waals surface area contributed by atoms with Crippen LogP contribution in [0.5, 0.6) is 5.75 Å². The van der Waals surface area contributed by atoms with Crippen LogP contribution in [-0.2, 0) is 0 Å². The van der Waals surface area contributed by atoms with Crippen molar-refractivity contribution in [2.24, 2.45) is 0 Å². The molecule has 0 atom stereocenters. The fourth-order valence-electron chi connectivity index (χ4n) is 1.86. The molecule has 126 valence electrons. The number of nitrogens with zero attached hydrogens (tertiary/aromatic N) is 3. The van der Waals surface area contributed by atoms with E-state index in [1.165, 1.54) is 12.4 Å². The lowest BCUT2D eigenvalue weighted by atomic mass is 10.2. The smallest absolute Gasteiger partial charge is 0.406 e. The predicted octanol–water partition coefficient (Wildman–Crippen LogP) is 1.50. The third kappa shape index (κ3) is 3.98. The molecule has 0 bridgehead atoms. The third-order valence-corrected chi connectivity index (χ3v) is 3.55. The van der Waals surface area contributed by atoms with Gasteiger partial charge < -0.3 is 4.74 Å². The molecule has 0 fully saturated rings. The van der Waals surface area contributed by atoms with E-state index in [1.54, 1.807) is 0 Å². The van der Waals surface area contributed by atoms with Gasteiger partial charge in [0.05, 0.1) is 18.6 Å². The molecular weight excluding hydrogens is 394 g/mol. The lowest BCUT2D eigenvalue weighted by Crippen LogP contribution is -2.38. The molecule has 0 saturated carbocycles. The van der Waals surface area contributed by atoms with Crippen molar-refractivity contribution in [2.45, 2.75) is 0 Å². The summed E-state index contributed by atoms with van der Waals surface area (Å²) in [4.78, 5) is 44.9. The van der Waals surface area contributed by atoms with Gasteiger partial charge in [-0.15, -0.1) is 0 Å². The van der Waals surface area contributed by atoms with Gasteiger partial charge in [0.1, 0.15) is 4.47 Å². The first-order valence-electron chi connectivity index (χ1n) is 6.91. The van der Waals surface area contributed by atoms with Gasteiger partial charge in [-0.05, 0) is 15.9 Å². The molecule has 0 aliphatic heterocycles. The largest absolute Gasteiger partial charge is 0.432 e. The number of benzene rings is 1. The van der Waals surface area contributed by atoms with Crippen LogP contribution >= 0.6 is 15.9 Å². The zero-order chi connectivity index (χ0) is 17.8. The highest BCUT2D eigenvalue weighted by Gasteiger charge is 2.09. The number of rotatable bonds is 3. The molecule has 0 aliphatic carbocycles. The summed E-state index contributed by atoms with van der Waals surface area (Å²) in [7, 11) is 0. The molecule has 0 radical (unpaired) electrons. The quantitative estimate of drug-likeness (QED) is 0.683. The number of H-pyrrole nitrogens is 1. The number of carbonyl (C=O) groups is 1. The molecule has 2 aromatic heterocycles. The maximum atomic E-state index is 11.8. The molecule has 3 aromatic rings. The van der Waals surface area contributed by atoms with Crippen molar-refractivity contribution in [3.63, 3.8) is 0 Å². The Labute approximate surface area is 148 Å². The minimum Gasteiger partial charge on any atom is -0.406 e. The van der Waals surface area contributed by atoms with E-state index in [4.69, 9.17) is 4.74 Å². The van der Waals surface area contributed by atoms with E-state index in [1.807, 2.05) is 35.3 Å². The second-order valence-corrected chi connectivity index (χ2v) is 5.57. The number of aromatic amines is 1. The van der Waals surface area contributed by atoms with Crippen LogP contribution in [0, 0.1) is 0 Å². The number of hydrogen-bond acceptors (Lipinski definition) is 6. The van der Waals surface area contributed by atoms with E-state index in [0.29, 0.717) is 5.82 Å². The number of ether oxygens (including phenoxy) is 1. The van der Waals surface area contributed by atoms with E-state index in [0.717, 1.165) is 16.4 Å². The number of nitrogens with one attached hydrogen (secondary N) is 2. The Morgan fingerprint density at radius 1 is 1.16 bits per heavy atom. The Kier molecular flexibility index (Phi) is 4.70. The van der Waals surface area contributed by atoms with E-state index in [-0.39, 0.29) is 10.2 Å². The minimum absolute atomic E-state index is 0.0722. The molecule has 9 nitrogen and oxygen atoms in total. The molecule has 10 heteroatoms. The second-order valence-electron chi connectivity index (χ2n) is 4.72. The maximum Gasteiger partial charge on any atom is 0.432 e. The second kappa shape index (κ2) is 7.09. The number of carbonyl (C=O) groups excluding carboxylic acids is 1. The van der Waals surface area contributed by atoms with Crippen molar-refractivity contribution in [2.75, 3.05) is 5.43 Å². The van der Waals surface area contributed by atoms with Crippen LogP contribution in [0.25, 0.3) is 11.4 Å². The Balaban J connectivity index is 1.70. The Morgan fingerprint density at radius 2 is 1.84 bits per heavy atom. The lowest BCUT2D eigenvalue weighted by molar-refractivity contribution is 0.211. The van der Waals surface area contributed by atoms with Crippen molar-refractivity contribution >= 4 is 22.0 Å². The number of halogens is 1. The molecule has 2 heterocycles. The van der Waals surface area contributed by atoms with Gasteiger partial charge >= 0.3 is 11.8 Å². The van der Waals surface area contributed by atoms with Gasteiger partial charge in [0.15, 0.2) is 11.6 Å².